The Hall–Kier alpha value is -1.75. The van der Waals surface area contributed by atoms with E-state index in [4.69, 9.17) is 21.1 Å². The lowest BCUT2D eigenvalue weighted by Gasteiger charge is -2.15. The molecule has 0 aliphatic heterocycles. The molecular formula is C12H14ClNO4. The monoisotopic (exact) mass is 271 g/mol. The number of halogens is 1. The van der Waals surface area contributed by atoms with Crippen LogP contribution in [0.25, 0.3) is 0 Å². The van der Waals surface area contributed by atoms with Gasteiger partial charge in [-0.3, -0.25) is 9.59 Å². The topological polar surface area (TPSA) is 55.8 Å². The van der Waals surface area contributed by atoms with Gasteiger partial charge in [-0.05, 0) is 6.07 Å². The van der Waals surface area contributed by atoms with Gasteiger partial charge in [-0.25, -0.2) is 0 Å². The van der Waals surface area contributed by atoms with E-state index < -0.39 is 0 Å². The number of hydrogen-bond donors (Lipinski definition) is 0. The Morgan fingerprint density at radius 3 is 2.61 bits per heavy atom. The highest BCUT2D eigenvalue weighted by Crippen LogP contribution is 2.33. The molecule has 0 atom stereocenters. The summed E-state index contributed by atoms with van der Waals surface area (Å²) in [5.41, 5.74) is 0.242. The lowest BCUT2D eigenvalue weighted by Crippen LogP contribution is -2.27. The number of carbonyl (C=O) groups is 2. The zero-order valence-corrected chi connectivity index (χ0v) is 11.2. The molecule has 0 saturated heterocycles. The SMILES string of the molecule is COc1cc(Cl)cc(C=O)c1OCC(=O)N(C)C. The summed E-state index contributed by atoms with van der Waals surface area (Å²) in [6.45, 7) is -0.175. The highest BCUT2D eigenvalue weighted by molar-refractivity contribution is 6.31. The number of rotatable bonds is 5. The van der Waals surface area contributed by atoms with Gasteiger partial charge in [-0.1, -0.05) is 11.6 Å². The molecule has 6 heteroatoms. The molecule has 1 amide bonds. The number of likely N-dealkylation sites (N-methyl/N-ethyl adjacent to an activating group) is 1. The van der Waals surface area contributed by atoms with Crippen molar-refractivity contribution < 1.29 is 19.1 Å². The third-order valence-corrected chi connectivity index (χ3v) is 2.45. The maximum absolute atomic E-state index is 11.4. The number of nitrogens with zero attached hydrogens (tertiary/aromatic N) is 1. The van der Waals surface area contributed by atoms with Crippen molar-refractivity contribution in [1.29, 1.82) is 0 Å². The number of methoxy groups -OCH3 is 1. The Bertz CT molecular complexity index is 460. The van der Waals surface area contributed by atoms with Gasteiger partial charge >= 0.3 is 0 Å². The summed E-state index contributed by atoms with van der Waals surface area (Å²) in [6, 6.07) is 2.97. The minimum Gasteiger partial charge on any atom is -0.493 e. The van der Waals surface area contributed by atoms with E-state index in [-0.39, 0.29) is 23.8 Å². The normalized spacial score (nSPS) is 9.78. The van der Waals surface area contributed by atoms with Crippen LogP contribution in [0.1, 0.15) is 10.4 Å². The maximum Gasteiger partial charge on any atom is 0.259 e. The Labute approximate surface area is 110 Å². The van der Waals surface area contributed by atoms with Crippen molar-refractivity contribution >= 4 is 23.8 Å². The summed E-state index contributed by atoms with van der Waals surface area (Å²) in [6.07, 6.45) is 0.601. The van der Waals surface area contributed by atoms with Crippen LogP contribution in [0.2, 0.25) is 5.02 Å². The molecule has 0 N–H and O–H groups in total. The van der Waals surface area contributed by atoms with E-state index in [1.807, 2.05) is 0 Å². The molecule has 1 aromatic carbocycles. The third kappa shape index (κ3) is 3.37. The van der Waals surface area contributed by atoms with Crippen molar-refractivity contribution in [2.75, 3.05) is 27.8 Å². The number of ether oxygens (including phenoxy) is 2. The first-order valence-electron chi connectivity index (χ1n) is 5.15. The van der Waals surface area contributed by atoms with E-state index in [2.05, 4.69) is 0 Å². The Morgan fingerprint density at radius 2 is 2.11 bits per heavy atom. The van der Waals surface area contributed by atoms with Crippen molar-refractivity contribution in [3.05, 3.63) is 22.7 Å². The number of aldehydes is 1. The molecule has 1 rings (SSSR count). The maximum atomic E-state index is 11.4. The second-order valence-electron chi connectivity index (χ2n) is 3.72. The first kappa shape index (κ1) is 14.3. The number of hydrogen-bond acceptors (Lipinski definition) is 4. The zero-order valence-electron chi connectivity index (χ0n) is 10.4. The number of carbonyl (C=O) groups excluding carboxylic acids is 2. The fraction of sp³-hybridized carbons (Fsp3) is 0.333. The summed E-state index contributed by atoms with van der Waals surface area (Å²) in [4.78, 5) is 23.8. The molecule has 1 aromatic rings. The highest BCUT2D eigenvalue weighted by atomic mass is 35.5. The second kappa shape index (κ2) is 6.26. The van der Waals surface area contributed by atoms with Crippen molar-refractivity contribution in [2.45, 2.75) is 0 Å². The highest BCUT2D eigenvalue weighted by Gasteiger charge is 2.14. The van der Waals surface area contributed by atoms with E-state index in [9.17, 15) is 9.59 Å². The summed E-state index contributed by atoms with van der Waals surface area (Å²) < 4.78 is 10.4. The van der Waals surface area contributed by atoms with Crippen molar-refractivity contribution in [2.24, 2.45) is 0 Å². The quantitative estimate of drug-likeness (QED) is 0.764. The van der Waals surface area contributed by atoms with Crippen LogP contribution < -0.4 is 9.47 Å². The van der Waals surface area contributed by atoms with Crippen LogP contribution in [0.15, 0.2) is 12.1 Å². The van der Waals surface area contributed by atoms with E-state index >= 15 is 0 Å². The smallest absolute Gasteiger partial charge is 0.259 e. The molecule has 0 spiro atoms. The van der Waals surface area contributed by atoms with Crippen LogP contribution in [-0.4, -0.2) is 44.9 Å². The van der Waals surface area contributed by atoms with E-state index in [0.29, 0.717) is 17.1 Å². The van der Waals surface area contributed by atoms with Gasteiger partial charge in [0.05, 0.1) is 12.7 Å². The second-order valence-corrected chi connectivity index (χ2v) is 4.16. The van der Waals surface area contributed by atoms with Crippen LogP contribution >= 0.6 is 11.6 Å². The standard InChI is InChI=1S/C12H14ClNO4/c1-14(2)11(16)7-18-12-8(6-15)4-9(13)5-10(12)17-3/h4-6H,7H2,1-3H3. The van der Waals surface area contributed by atoms with Crippen molar-refractivity contribution in [3.63, 3.8) is 0 Å². The van der Waals surface area contributed by atoms with Gasteiger partial charge < -0.3 is 14.4 Å². The van der Waals surface area contributed by atoms with E-state index in [1.165, 1.54) is 24.1 Å². The summed E-state index contributed by atoms with van der Waals surface area (Å²) in [5.74, 6) is 0.312. The molecule has 0 aliphatic rings. The van der Waals surface area contributed by atoms with Gasteiger partial charge in [-0.15, -0.1) is 0 Å². The van der Waals surface area contributed by atoms with E-state index in [1.54, 1.807) is 14.1 Å². The van der Waals surface area contributed by atoms with E-state index in [0.717, 1.165) is 0 Å². The molecule has 0 radical (unpaired) electrons. The number of amides is 1. The van der Waals surface area contributed by atoms with Crippen LogP contribution in [0.5, 0.6) is 11.5 Å². The Morgan fingerprint density at radius 1 is 1.44 bits per heavy atom. The van der Waals surface area contributed by atoms with Gasteiger partial charge in [0, 0.05) is 25.2 Å². The average molecular weight is 272 g/mol. The molecule has 0 saturated carbocycles. The van der Waals surface area contributed by atoms with Gasteiger partial charge in [-0.2, -0.15) is 0 Å². The predicted molar refractivity (Wildman–Crippen MR) is 67.6 cm³/mol. The number of benzene rings is 1. The first-order valence-corrected chi connectivity index (χ1v) is 5.53. The molecule has 0 aromatic heterocycles. The molecule has 18 heavy (non-hydrogen) atoms. The zero-order chi connectivity index (χ0) is 13.7. The first-order chi connectivity index (χ1) is 8.49. The molecule has 0 heterocycles. The van der Waals surface area contributed by atoms with Gasteiger partial charge in [0.1, 0.15) is 0 Å². The van der Waals surface area contributed by atoms with Crippen molar-refractivity contribution in [3.8, 4) is 11.5 Å². The van der Waals surface area contributed by atoms with Crippen LogP contribution in [0.3, 0.4) is 0 Å². The lowest BCUT2D eigenvalue weighted by molar-refractivity contribution is -0.130. The summed E-state index contributed by atoms with van der Waals surface area (Å²) in [7, 11) is 4.66. The fourth-order valence-corrected chi connectivity index (χ4v) is 1.46. The molecule has 0 fully saturated rings. The lowest BCUT2D eigenvalue weighted by atomic mass is 10.2. The molecule has 98 valence electrons. The minimum atomic E-state index is -0.219. The molecule has 0 aliphatic carbocycles. The fourth-order valence-electron chi connectivity index (χ4n) is 1.25. The Kier molecular flexibility index (Phi) is 4.97. The van der Waals surface area contributed by atoms with Crippen LogP contribution in [0.4, 0.5) is 0 Å². The van der Waals surface area contributed by atoms with Crippen LogP contribution in [-0.2, 0) is 4.79 Å². The molecular weight excluding hydrogens is 258 g/mol. The molecule has 0 bridgehead atoms. The average Bonchev–Trinajstić information content (AvgIpc) is 2.35. The summed E-state index contributed by atoms with van der Waals surface area (Å²) >= 11 is 5.82. The molecule has 0 unspecified atom stereocenters. The summed E-state index contributed by atoms with van der Waals surface area (Å²) in [5, 5.41) is 0.361. The van der Waals surface area contributed by atoms with Gasteiger partial charge in [0.15, 0.2) is 24.4 Å². The third-order valence-electron chi connectivity index (χ3n) is 2.23. The van der Waals surface area contributed by atoms with Crippen LogP contribution in [0, 0.1) is 0 Å². The van der Waals surface area contributed by atoms with Gasteiger partial charge in [0.25, 0.3) is 5.91 Å². The predicted octanol–water partition coefficient (Wildman–Crippen LogP) is 1.63. The molecule has 5 nitrogen and oxygen atoms in total. The van der Waals surface area contributed by atoms with Crippen molar-refractivity contribution in [1.82, 2.24) is 4.90 Å². The minimum absolute atomic E-state index is 0.175. The van der Waals surface area contributed by atoms with Gasteiger partial charge in [0.2, 0.25) is 0 Å². The Balaban J connectivity index is 2.99. The largest absolute Gasteiger partial charge is 0.493 e.